The second kappa shape index (κ2) is 5.19. The fourth-order valence-corrected chi connectivity index (χ4v) is 6.51. The molecule has 3 heterocycles. The zero-order valence-corrected chi connectivity index (χ0v) is 15.3. The van der Waals surface area contributed by atoms with Crippen molar-refractivity contribution in [1.82, 2.24) is 5.06 Å². The number of amidine groups is 1. The van der Waals surface area contributed by atoms with Crippen molar-refractivity contribution in [2.24, 2.45) is 0 Å². The van der Waals surface area contributed by atoms with Crippen LogP contribution in [0, 0.1) is 5.21 Å². The summed E-state index contributed by atoms with van der Waals surface area (Å²) in [7, 11) is 0. The molecule has 3 aliphatic rings. The lowest BCUT2D eigenvalue weighted by atomic mass is 9.84. The van der Waals surface area contributed by atoms with Crippen LogP contribution in [0.4, 0.5) is 0 Å². The van der Waals surface area contributed by atoms with Gasteiger partial charge in [-0.25, -0.2) is 0 Å². The highest BCUT2D eigenvalue weighted by Gasteiger charge is 2.60. The van der Waals surface area contributed by atoms with Gasteiger partial charge in [-0.15, -0.1) is 0 Å². The third-order valence-electron chi connectivity index (χ3n) is 4.17. The number of hydroxylamine groups is 3. The van der Waals surface area contributed by atoms with E-state index in [1.54, 1.807) is 35.3 Å². The molecule has 0 N–H and O–H groups in total. The summed E-state index contributed by atoms with van der Waals surface area (Å²) in [5.74, 6) is 0.235. The highest BCUT2D eigenvalue weighted by Crippen LogP contribution is 2.54. The Hall–Kier alpha value is -0.150. The Kier molecular flexibility index (Phi) is 3.89. The molecule has 0 saturated carbocycles. The van der Waals surface area contributed by atoms with E-state index in [2.05, 4.69) is 0 Å². The molecule has 0 spiro atoms. The molecule has 113 valence electrons. The highest BCUT2D eigenvalue weighted by atomic mass is 32.2. The first-order valence-electron chi connectivity index (χ1n) is 6.36. The molecule has 0 aromatic rings. The van der Waals surface area contributed by atoms with Crippen LogP contribution in [0.15, 0.2) is 29.6 Å². The summed E-state index contributed by atoms with van der Waals surface area (Å²) in [5.41, 5.74) is -1.52. The van der Waals surface area contributed by atoms with Gasteiger partial charge in [0.25, 0.3) is 0 Å². The Balaban J connectivity index is 1.92. The largest absolute Gasteiger partial charge is 0.714 e. The second-order valence-corrected chi connectivity index (χ2v) is 10.1. The lowest BCUT2D eigenvalue weighted by Gasteiger charge is -2.32. The molecule has 0 saturated heterocycles. The SMILES string of the molecule is CC1(C)N([O])C(C2=CSC(=C3SC=CS3)S2)=[N+]([O-])C1(C)C. The van der Waals surface area contributed by atoms with E-state index in [1.807, 2.05) is 43.9 Å². The quantitative estimate of drug-likeness (QED) is 0.507. The molecule has 3 aliphatic heterocycles. The minimum absolute atomic E-state index is 0.235. The lowest BCUT2D eigenvalue weighted by Crippen LogP contribution is -2.53. The monoisotopic (exact) mass is 359 g/mol. The van der Waals surface area contributed by atoms with Gasteiger partial charge in [0.15, 0.2) is 5.54 Å². The van der Waals surface area contributed by atoms with E-state index in [4.69, 9.17) is 0 Å². The average molecular weight is 360 g/mol. The van der Waals surface area contributed by atoms with Gasteiger partial charge in [0.1, 0.15) is 10.4 Å². The van der Waals surface area contributed by atoms with Crippen molar-refractivity contribution >= 4 is 52.9 Å². The summed E-state index contributed by atoms with van der Waals surface area (Å²) in [6.45, 7) is 7.27. The van der Waals surface area contributed by atoms with Gasteiger partial charge in [-0.3, -0.25) is 4.74 Å². The highest BCUT2D eigenvalue weighted by molar-refractivity contribution is 8.33. The molecule has 4 nitrogen and oxygen atoms in total. The Morgan fingerprint density at radius 3 is 2.24 bits per heavy atom. The summed E-state index contributed by atoms with van der Waals surface area (Å²) >= 11 is 6.46. The molecule has 8 heteroatoms. The van der Waals surface area contributed by atoms with Crippen LogP contribution in [0.2, 0.25) is 0 Å². The molecule has 0 amide bonds. The Morgan fingerprint density at radius 1 is 1.10 bits per heavy atom. The van der Waals surface area contributed by atoms with E-state index in [0.717, 1.165) is 18.9 Å². The van der Waals surface area contributed by atoms with Gasteiger partial charge in [-0.1, -0.05) is 52.1 Å². The minimum Gasteiger partial charge on any atom is -0.714 e. The van der Waals surface area contributed by atoms with Crippen molar-refractivity contribution < 1.29 is 9.95 Å². The molecule has 0 aromatic heterocycles. The minimum atomic E-state index is -0.759. The number of thioether (sulfide) groups is 4. The van der Waals surface area contributed by atoms with Gasteiger partial charge >= 0.3 is 5.84 Å². The van der Waals surface area contributed by atoms with Crippen LogP contribution in [-0.2, 0) is 5.21 Å². The second-order valence-electron chi connectivity index (χ2n) is 5.82. The lowest BCUT2D eigenvalue weighted by molar-refractivity contribution is -0.539. The van der Waals surface area contributed by atoms with Crippen molar-refractivity contribution in [3.63, 3.8) is 0 Å². The summed E-state index contributed by atoms with van der Waals surface area (Å²) in [4.78, 5) is 0.749. The topological polar surface area (TPSA) is 49.2 Å². The summed E-state index contributed by atoms with van der Waals surface area (Å²) in [6.07, 6.45) is 0. The Labute approximate surface area is 141 Å². The molecule has 0 unspecified atom stereocenters. The van der Waals surface area contributed by atoms with Crippen molar-refractivity contribution in [3.8, 4) is 0 Å². The van der Waals surface area contributed by atoms with Crippen LogP contribution in [0.5, 0.6) is 0 Å². The molecule has 0 bridgehead atoms. The van der Waals surface area contributed by atoms with Gasteiger partial charge in [0, 0.05) is 5.21 Å². The molecular formula is C13H15N2O2S4. The molecule has 0 fully saturated rings. The number of hydrogen-bond donors (Lipinski definition) is 0. The number of rotatable bonds is 1. The van der Waals surface area contributed by atoms with Crippen molar-refractivity contribution in [1.29, 1.82) is 0 Å². The van der Waals surface area contributed by atoms with E-state index >= 15 is 0 Å². The normalized spacial score (nSPS) is 27.1. The van der Waals surface area contributed by atoms with E-state index < -0.39 is 11.1 Å². The number of nitrogens with zero attached hydrogens (tertiary/aromatic N) is 2. The Bertz CT molecular complexity index is 610. The summed E-state index contributed by atoms with van der Waals surface area (Å²) in [6, 6.07) is 0. The fourth-order valence-electron chi connectivity index (χ4n) is 2.06. The zero-order chi connectivity index (χ0) is 15.4. The van der Waals surface area contributed by atoms with Gasteiger partial charge in [0.05, 0.1) is 8.47 Å². The first-order valence-corrected chi connectivity index (χ1v) is 9.81. The van der Waals surface area contributed by atoms with Crippen LogP contribution in [0.25, 0.3) is 0 Å². The molecule has 0 atom stereocenters. The fraction of sp³-hybridized carbons (Fsp3) is 0.462. The van der Waals surface area contributed by atoms with Crippen molar-refractivity contribution in [2.45, 2.75) is 38.8 Å². The zero-order valence-electron chi connectivity index (χ0n) is 12.1. The van der Waals surface area contributed by atoms with Crippen LogP contribution in [0.3, 0.4) is 0 Å². The van der Waals surface area contributed by atoms with Crippen LogP contribution in [0.1, 0.15) is 27.7 Å². The van der Waals surface area contributed by atoms with Gasteiger partial charge in [-0.2, -0.15) is 0 Å². The van der Waals surface area contributed by atoms with E-state index in [9.17, 15) is 10.4 Å². The van der Waals surface area contributed by atoms with Gasteiger partial charge in [0.2, 0.25) is 0 Å². The molecule has 0 aromatic carbocycles. The van der Waals surface area contributed by atoms with Crippen LogP contribution in [-0.4, -0.2) is 26.7 Å². The third-order valence-corrected chi connectivity index (χ3v) is 9.18. The summed E-state index contributed by atoms with van der Waals surface area (Å²) < 4.78 is 3.23. The molecular weight excluding hydrogens is 344 g/mol. The molecule has 3 rings (SSSR count). The Morgan fingerprint density at radius 2 is 1.71 bits per heavy atom. The van der Waals surface area contributed by atoms with Gasteiger partial charge in [-0.05, 0) is 43.9 Å². The first kappa shape index (κ1) is 15.7. The maximum absolute atomic E-state index is 12.6. The van der Waals surface area contributed by atoms with E-state index in [1.165, 1.54) is 16.0 Å². The van der Waals surface area contributed by atoms with Crippen LogP contribution >= 0.6 is 47.0 Å². The van der Waals surface area contributed by atoms with Crippen LogP contribution < -0.4 is 0 Å². The maximum atomic E-state index is 12.6. The predicted octanol–water partition coefficient (Wildman–Crippen LogP) is 4.51. The van der Waals surface area contributed by atoms with Crippen molar-refractivity contribution in [2.75, 3.05) is 0 Å². The first-order chi connectivity index (χ1) is 9.76. The van der Waals surface area contributed by atoms with E-state index in [0.29, 0.717) is 0 Å². The average Bonchev–Trinajstić information content (AvgIpc) is 3.10. The molecule has 1 radical (unpaired) electrons. The standard InChI is InChI=1S/C13H15N2O2S4/c1-12(2)13(3,4)15(17)9(14(12)16)8-7-20-11(21-8)10-18-5-6-19-10/h5-7H,1-4H3. The smallest absolute Gasteiger partial charge is 0.324 e. The van der Waals surface area contributed by atoms with Crippen molar-refractivity contribution in [3.05, 3.63) is 34.8 Å². The predicted molar refractivity (Wildman–Crippen MR) is 93.9 cm³/mol. The number of hydrogen-bond acceptors (Lipinski definition) is 6. The van der Waals surface area contributed by atoms with Gasteiger partial charge < -0.3 is 5.21 Å². The maximum Gasteiger partial charge on any atom is 0.324 e. The molecule has 21 heavy (non-hydrogen) atoms. The third kappa shape index (κ3) is 2.26. The van der Waals surface area contributed by atoms with E-state index in [-0.39, 0.29) is 5.84 Å². The molecule has 0 aliphatic carbocycles. The summed E-state index contributed by atoms with van der Waals surface area (Å²) in [5, 5.41) is 32.1.